The molecule has 0 amide bonds. The van der Waals surface area contributed by atoms with E-state index in [-0.39, 0.29) is 11.9 Å². The molecule has 0 aliphatic carbocycles. The van der Waals surface area contributed by atoms with Gasteiger partial charge in [0.1, 0.15) is 5.82 Å². The van der Waals surface area contributed by atoms with Crippen LogP contribution < -0.4 is 11.3 Å². The quantitative estimate of drug-likeness (QED) is 0.596. The van der Waals surface area contributed by atoms with Gasteiger partial charge in [-0.25, -0.2) is 4.39 Å². The molecule has 0 spiro atoms. The minimum atomic E-state index is -0.145. The number of benzene rings is 1. The monoisotopic (exact) mass is 224 g/mol. The first-order valence-electron chi connectivity index (χ1n) is 5.81. The van der Waals surface area contributed by atoms with Crippen LogP contribution in [-0.2, 0) is 0 Å². The Bertz CT molecular complexity index is 339. The van der Waals surface area contributed by atoms with Gasteiger partial charge in [0.15, 0.2) is 0 Å². The molecule has 0 saturated heterocycles. The Balaban J connectivity index is 2.90. The average molecular weight is 224 g/mol. The van der Waals surface area contributed by atoms with Crippen molar-refractivity contribution < 1.29 is 4.39 Å². The normalized spacial score (nSPS) is 14.8. The van der Waals surface area contributed by atoms with E-state index in [1.54, 1.807) is 19.1 Å². The van der Waals surface area contributed by atoms with Crippen molar-refractivity contribution in [3.63, 3.8) is 0 Å². The number of hydrazine groups is 1. The fraction of sp³-hybridized carbons (Fsp3) is 0.538. The highest BCUT2D eigenvalue weighted by Crippen LogP contribution is 2.25. The van der Waals surface area contributed by atoms with Gasteiger partial charge in [0.25, 0.3) is 0 Å². The van der Waals surface area contributed by atoms with Crippen LogP contribution in [0.2, 0.25) is 0 Å². The summed E-state index contributed by atoms with van der Waals surface area (Å²) in [5, 5.41) is 0. The zero-order chi connectivity index (χ0) is 12.1. The van der Waals surface area contributed by atoms with E-state index in [1.165, 1.54) is 0 Å². The first-order chi connectivity index (χ1) is 7.60. The van der Waals surface area contributed by atoms with Crippen LogP contribution in [0.4, 0.5) is 4.39 Å². The third-order valence-electron chi connectivity index (χ3n) is 3.13. The lowest BCUT2D eigenvalue weighted by Gasteiger charge is -2.21. The van der Waals surface area contributed by atoms with Crippen LogP contribution in [0.1, 0.15) is 43.9 Å². The van der Waals surface area contributed by atoms with Crippen LogP contribution in [0.5, 0.6) is 0 Å². The van der Waals surface area contributed by atoms with Gasteiger partial charge < -0.3 is 0 Å². The molecule has 2 nitrogen and oxygen atoms in total. The van der Waals surface area contributed by atoms with Gasteiger partial charge in [-0.05, 0) is 24.8 Å². The molecular formula is C13H21FN2. The van der Waals surface area contributed by atoms with Crippen LogP contribution >= 0.6 is 0 Å². The van der Waals surface area contributed by atoms with Crippen LogP contribution in [0, 0.1) is 18.7 Å². The average Bonchev–Trinajstić information content (AvgIpc) is 2.29. The lowest BCUT2D eigenvalue weighted by Crippen LogP contribution is -2.30. The van der Waals surface area contributed by atoms with E-state index < -0.39 is 0 Å². The number of nitrogens with one attached hydrogen (secondary N) is 1. The molecule has 2 unspecified atom stereocenters. The van der Waals surface area contributed by atoms with E-state index in [1.807, 2.05) is 6.07 Å². The summed E-state index contributed by atoms with van der Waals surface area (Å²) in [5.41, 5.74) is 4.05. The first kappa shape index (κ1) is 13.1. The third kappa shape index (κ3) is 3.03. The number of hydrogen-bond acceptors (Lipinski definition) is 2. The van der Waals surface area contributed by atoms with Crippen molar-refractivity contribution in [2.45, 2.75) is 39.7 Å². The fourth-order valence-corrected chi connectivity index (χ4v) is 1.79. The predicted octanol–water partition coefficient (Wildman–Crippen LogP) is 3.07. The maximum absolute atomic E-state index is 13.9. The molecule has 0 fully saturated rings. The Hall–Kier alpha value is -0.930. The highest BCUT2D eigenvalue weighted by atomic mass is 19.1. The van der Waals surface area contributed by atoms with Gasteiger partial charge in [0.05, 0.1) is 0 Å². The predicted molar refractivity (Wildman–Crippen MR) is 65.3 cm³/mol. The molecule has 0 radical (unpaired) electrons. The summed E-state index contributed by atoms with van der Waals surface area (Å²) in [4.78, 5) is 0. The van der Waals surface area contributed by atoms with Crippen molar-refractivity contribution in [3.05, 3.63) is 35.1 Å². The maximum Gasteiger partial charge on any atom is 0.130 e. The van der Waals surface area contributed by atoms with Gasteiger partial charge in [-0.1, -0.05) is 38.5 Å². The lowest BCUT2D eigenvalue weighted by atomic mass is 9.93. The number of rotatable bonds is 5. The van der Waals surface area contributed by atoms with Gasteiger partial charge in [-0.2, -0.15) is 0 Å². The summed E-state index contributed by atoms with van der Waals surface area (Å²) in [6, 6.07) is 5.34. The Morgan fingerprint density at radius 1 is 1.44 bits per heavy atom. The number of nitrogens with two attached hydrogens (primary N) is 1. The third-order valence-corrected chi connectivity index (χ3v) is 3.13. The molecule has 3 heteroatoms. The van der Waals surface area contributed by atoms with Crippen LogP contribution in [0.15, 0.2) is 18.2 Å². The largest absolute Gasteiger partial charge is 0.271 e. The Kier molecular flexibility index (Phi) is 4.90. The van der Waals surface area contributed by atoms with Gasteiger partial charge in [0.2, 0.25) is 0 Å². The van der Waals surface area contributed by atoms with E-state index in [0.717, 1.165) is 12.8 Å². The van der Waals surface area contributed by atoms with Crippen molar-refractivity contribution in [2.75, 3.05) is 0 Å². The van der Waals surface area contributed by atoms with Crippen molar-refractivity contribution in [2.24, 2.45) is 11.8 Å². The lowest BCUT2D eigenvalue weighted by molar-refractivity contribution is 0.396. The van der Waals surface area contributed by atoms with E-state index >= 15 is 0 Å². The molecule has 16 heavy (non-hydrogen) atoms. The highest BCUT2D eigenvalue weighted by Gasteiger charge is 2.17. The van der Waals surface area contributed by atoms with E-state index in [0.29, 0.717) is 17.0 Å². The molecule has 0 aromatic heterocycles. The number of halogens is 1. The Labute approximate surface area is 97.0 Å². The van der Waals surface area contributed by atoms with Crippen molar-refractivity contribution in [1.29, 1.82) is 0 Å². The van der Waals surface area contributed by atoms with E-state index in [2.05, 4.69) is 19.3 Å². The second-order valence-corrected chi connectivity index (χ2v) is 4.45. The molecule has 0 aliphatic heterocycles. The van der Waals surface area contributed by atoms with Gasteiger partial charge >= 0.3 is 0 Å². The summed E-state index contributed by atoms with van der Waals surface area (Å²) in [6.07, 6.45) is 1.93. The number of aryl methyl sites for hydroxylation is 1. The second kappa shape index (κ2) is 5.97. The van der Waals surface area contributed by atoms with Gasteiger partial charge in [-0.15, -0.1) is 0 Å². The van der Waals surface area contributed by atoms with Crippen LogP contribution in [0.3, 0.4) is 0 Å². The molecule has 90 valence electrons. The molecule has 3 N–H and O–H groups in total. The van der Waals surface area contributed by atoms with Crippen LogP contribution in [-0.4, -0.2) is 0 Å². The van der Waals surface area contributed by atoms with Crippen molar-refractivity contribution >= 4 is 0 Å². The fourth-order valence-electron chi connectivity index (χ4n) is 1.79. The minimum absolute atomic E-state index is 0.102. The molecule has 0 saturated carbocycles. The topological polar surface area (TPSA) is 38.0 Å². The summed E-state index contributed by atoms with van der Waals surface area (Å²) >= 11 is 0. The smallest absolute Gasteiger partial charge is 0.130 e. The summed E-state index contributed by atoms with van der Waals surface area (Å²) < 4.78 is 13.9. The first-order valence-corrected chi connectivity index (χ1v) is 5.81. The molecule has 1 rings (SSSR count). The molecular weight excluding hydrogens is 203 g/mol. The molecule has 0 heterocycles. The van der Waals surface area contributed by atoms with Crippen molar-refractivity contribution in [3.8, 4) is 0 Å². The standard InChI is InChI=1S/C13H21FN2/c1-4-9(2)8-12(16-15)11-7-5-6-10(3)13(11)14/h5-7,9,12,16H,4,8,15H2,1-3H3. The van der Waals surface area contributed by atoms with Gasteiger partial charge in [-0.3, -0.25) is 11.3 Å². The molecule has 0 aliphatic rings. The molecule has 2 atom stereocenters. The molecule has 1 aromatic carbocycles. The van der Waals surface area contributed by atoms with Crippen molar-refractivity contribution in [1.82, 2.24) is 5.43 Å². The van der Waals surface area contributed by atoms with E-state index in [9.17, 15) is 4.39 Å². The van der Waals surface area contributed by atoms with E-state index in [4.69, 9.17) is 5.84 Å². The maximum atomic E-state index is 13.9. The van der Waals surface area contributed by atoms with Crippen LogP contribution in [0.25, 0.3) is 0 Å². The SMILES string of the molecule is CCC(C)CC(NN)c1cccc(C)c1F. The highest BCUT2D eigenvalue weighted by molar-refractivity contribution is 5.27. The molecule has 0 bridgehead atoms. The Morgan fingerprint density at radius 3 is 2.69 bits per heavy atom. The minimum Gasteiger partial charge on any atom is -0.271 e. The second-order valence-electron chi connectivity index (χ2n) is 4.45. The summed E-state index contributed by atoms with van der Waals surface area (Å²) in [7, 11) is 0. The van der Waals surface area contributed by atoms with Gasteiger partial charge in [0, 0.05) is 11.6 Å². The Morgan fingerprint density at radius 2 is 2.12 bits per heavy atom. The zero-order valence-corrected chi connectivity index (χ0v) is 10.3. The summed E-state index contributed by atoms with van der Waals surface area (Å²) in [6.45, 7) is 6.05. The summed E-state index contributed by atoms with van der Waals surface area (Å²) in [5.74, 6) is 5.89. The zero-order valence-electron chi connectivity index (χ0n) is 10.3. The number of hydrogen-bond donors (Lipinski definition) is 2. The molecule has 1 aromatic rings.